The molecule has 0 heterocycles. The van der Waals surface area contributed by atoms with E-state index in [0.29, 0.717) is 0 Å². The molecule has 2 rings (SSSR count). The molecule has 0 fully saturated rings. The molecule has 0 radical (unpaired) electrons. The first-order valence-corrected chi connectivity index (χ1v) is 5.68. The predicted octanol–water partition coefficient (Wildman–Crippen LogP) is 3.53. The number of rotatable bonds is 1. The number of aromatic hydroxyl groups is 1. The topological polar surface area (TPSA) is 32.6 Å². The number of thiocarbonyl (C=S) groups is 1. The van der Waals surface area contributed by atoms with Gasteiger partial charge in [0, 0.05) is 11.1 Å². The van der Waals surface area contributed by atoms with Crippen molar-refractivity contribution in [2.24, 2.45) is 4.99 Å². The number of isothiocyanates is 1. The van der Waals surface area contributed by atoms with Crippen LogP contribution in [0.15, 0.2) is 53.5 Å². The highest BCUT2D eigenvalue weighted by Gasteiger charge is 1.90. The molecule has 0 bridgehead atoms. The lowest BCUT2D eigenvalue weighted by molar-refractivity contribution is 0.475. The Labute approximate surface area is 111 Å². The van der Waals surface area contributed by atoms with Crippen molar-refractivity contribution in [2.45, 2.75) is 0 Å². The Kier molecular flexibility index (Phi) is 3.88. The zero-order valence-corrected chi connectivity index (χ0v) is 10.2. The third kappa shape index (κ3) is 3.29. The number of phenolic OH excluding ortho intramolecular Hbond substituents is 1. The lowest BCUT2D eigenvalue weighted by Crippen LogP contribution is -1.75. The molecule has 0 saturated heterocycles. The third-order valence-corrected chi connectivity index (χ3v) is 2.35. The highest BCUT2D eigenvalue weighted by Crippen LogP contribution is 2.12. The third-order valence-electron chi connectivity index (χ3n) is 2.26. The van der Waals surface area contributed by atoms with Crippen molar-refractivity contribution in [3.63, 3.8) is 0 Å². The molecule has 2 aromatic rings. The van der Waals surface area contributed by atoms with Crippen molar-refractivity contribution in [3.8, 4) is 17.6 Å². The molecule has 2 aromatic carbocycles. The minimum Gasteiger partial charge on any atom is -0.508 e. The van der Waals surface area contributed by atoms with Gasteiger partial charge in [0.15, 0.2) is 0 Å². The summed E-state index contributed by atoms with van der Waals surface area (Å²) in [6, 6.07) is 14.2. The molecular weight excluding hydrogens is 242 g/mol. The maximum atomic E-state index is 9.15. The fourth-order valence-corrected chi connectivity index (χ4v) is 1.47. The number of aliphatic imine (C=N–C) groups is 1. The van der Waals surface area contributed by atoms with Crippen LogP contribution in [0.1, 0.15) is 11.1 Å². The molecule has 0 aliphatic carbocycles. The molecule has 0 aromatic heterocycles. The van der Waals surface area contributed by atoms with E-state index in [4.69, 9.17) is 5.11 Å². The van der Waals surface area contributed by atoms with Crippen LogP contribution in [0.4, 0.5) is 5.69 Å². The van der Waals surface area contributed by atoms with E-state index in [1.807, 2.05) is 24.3 Å². The van der Waals surface area contributed by atoms with Crippen molar-refractivity contribution in [2.75, 3.05) is 0 Å². The maximum Gasteiger partial charge on any atom is 0.115 e. The fourth-order valence-electron chi connectivity index (χ4n) is 1.36. The average Bonchev–Trinajstić information content (AvgIpc) is 2.40. The van der Waals surface area contributed by atoms with Crippen LogP contribution in [-0.2, 0) is 0 Å². The monoisotopic (exact) mass is 251 g/mol. The Balaban J connectivity index is 2.19. The molecule has 0 atom stereocenters. The second kappa shape index (κ2) is 5.79. The summed E-state index contributed by atoms with van der Waals surface area (Å²) in [7, 11) is 0. The fraction of sp³-hybridized carbons (Fsp3) is 0. The lowest BCUT2D eigenvalue weighted by atomic mass is 10.1. The van der Waals surface area contributed by atoms with Crippen LogP contribution in [-0.4, -0.2) is 10.3 Å². The first-order valence-electron chi connectivity index (χ1n) is 5.27. The van der Waals surface area contributed by atoms with Crippen LogP contribution >= 0.6 is 12.2 Å². The quantitative estimate of drug-likeness (QED) is 0.478. The first-order chi connectivity index (χ1) is 8.78. The molecule has 86 valence electrons. The van der Waals surface area contributed by atoms with Gasteiger partial charge in [-0.1, -0.05) is 11.8 Å². The molecule has 1 N–H and O–H groups in total. The number of hydrogen-bond acceptors (Lipinski definition) is 3. The molecule has 0 aliphatic heterocycles. The zero-order chi connectivity index (χ0) is 12.8. The number of hydrogen-bond donors (Lipinski definition) is 1. The van der Waals surface area contributed by atoms with Crippen molar-refractivity contribution in [1.82, 2.24) is 0 Å². The summed E-state index contributed by atoms with van der Waals surface area (Å²) >= 11 is 4.53. The molecule has 0 unspecified atom stereocenters. The molecule has 0 spiro atoms. The Morgan fingerprint density at radius 3 is 1.83 bits per heavy atom. The number of phenols is 1. The van der Waals surface area contributed by atoms with Crippen molar-refractivity contribution >= 4 is 23.1 Å². The zero-order valence-electron chi connectivity index (χ0n) is 9.42. The van der Waals surface area contributed by atoms with Gasteiger partial charge in [-0.3, -0.25) is 0 Å². The predicted molar refractivity (Wildman–Crippen MR) is 75.2 cm³/mol. The van der Waals surface area contributed by atoms with Gasteiger partial charge in [0.25, 0.3) is 0 Å². The molecular formula is C15H9NOS. The van der Waals surface area contributed by atoms with Crippen molar-refractivity contribution in [1.29, 1.82) is 0 Å². The molecule has 2 nitrogen and oxygen atoms in total. The van der Waals surface area contributed by atoms with E-state index in [-0.39, 0.29) is 5.75 Å². The Hall–Kier alpha value is -2.40. The standard InChI is InChI=1S/C15H9NOS/c17-15-9-5-13(6-10-15)2-1-12-3-7-14(8-4-12)16-11-18/h3-10,17H. The van der Waals surface area contributed by atoms with E-state index >= 15 is 0 Å². The molecule has 18 heavy (non-hydrogen) atoms. The Bertz CT molecular complexity index is 642. The van der Waals surface area contributed by atoms with E-state index < -0.39 is 0 Å². The number of nitrogens with zero attached hydrogens (tertiary/aromatic N) is 1. The summed E-state index contributed by atoms with van der Waals surface area (Å²) in [6.45, 7) is 0. The summed E-state index contributed by atoms with van der Waals surface area (Å²) < 4.78 is 0. The smallest absolute Gasteiger partial charge is 0.115 e. The lowest BCUT2D eigenvalue weighted by Gasteiger charge is -1.93. The normalized spacial score (nSPS) is 8.89. The van der Waals surface area contributed by atoms with Gasteiger partial charge >= 0.3 is 0 Å². The number of benzene rings is 2. The maximum absolute atomic E-state index is 9.15. The minimum atomic E-state index is 0.239. The molecule has 3 heteroatoms. The van der Waals surface area contributed by atoms with Gasteiger partial charge in [-0.05, 0) is 60.7 Å². The van der Waals surface area contributed by atoms with Gasteiger partial charge in [-0.15, -0.1) is 0 Å². The summed E-state index contributed by atoms with van der Waals surface area (Å²) in [6.07, 6.45) is 0. The second-order valence-corrected chi connectivity index (χ2v) is 3.73. The van der Waals surface area contributed by atoms with Crippen molar-refractivity contribution < 1.29 is 5.11 Å². The summed E-state index contributed by atoms with van der Waals surface area (Å²) in [4.78, 5) is 3.86. The van der Waals surface area contributed by atoms with E-state index in [1.165, 1.54) is 0 Å². The molecule has 0 aliphatic rings. The Morgan fingerprint density at radius 2 is 1.33 bits per heavy atom. The second-order valence-electron chi connectivity index (χ2n) is 3.55. The van der Waals surface area contributed by atoms with Gasteiger partial charge in [-0.25, -0.2) is 0 Å². The van der Waals surface area contributed by atoms with E-state index in [1.54, 1.807) is 24.3 Å². The van der Waals surface area contributed by atoms with Crippen LogP contribution in [0.25, 0.3) is 0 Å². The SMILES string of the molecule is Oc1ccc(C#Cc2ccc(N=C=S)cc2)cc1. The average molecular weight is 251 g/mol. The first kappa shape index (κ1) is 12.1. The van der Waals surface area contributed by atoms with E-state index in [2.05, 4.69) is 34.2 Å². The molecule has 0 saturated carbocycles. The summed E-state index contributed by atoms with van der Waals surface area (Å²) in [5.41, 5.74) is 2.51. The van der Waals surface area contributed by atoms with E-state index in [9.17, 15) is 0 Å². The van der Waals surface area contributed by atoms with Crippen LogP contribution < -0.4 is 0 Å². The van der Waals surface area contributed by atoms with Crippen LogP contribution in [0.3, 0.4) is 0 Å². The highest BCUT2D eigenvalue weighted by molar-refractivity contribution is 7.78. The summed E-state index contributed by atoms with van der Waals surface area (Å²) in [5.74, 6) is 6.28. The van der Waals surface area contributed by atoms with Gasteiger partial charge in [0.2, 0.25) is 0 Å². The van der Waals surface area contributed by atoms with Gasteiger partial charge in [0.1, 0.15) is 5.75 Å². The summed E-state index contributed by atoms with van der Waals surface area (Å²) in [5, 5.41) is 11.5. The van der Waals surface area contributed by atoms with Gasteiger partial charge < -0.3 is 5.11 Å². The van der Waals surface area contributed by atoms with Crippen molar-refractivity contribution in [3.05, 3.63) is 59.7 Å². The highest BCUT2D eigenvalue weighted by atomic mass is 32.1. The van der Waals surface area contributed by atoms with Crippen LogP contribution in [0.5, 0.6) is 5.75 Å². The van der Waals surface area contributed by atoms with Crippen LogP contribution in [0.2, 0.25) is 0 Å². The Morgan fingerprint density at radius 1 is 0.833 bits per heavy atom. The largest absolute Gasteiger partial charge is 0.508 e. The van der Waals surface area contributed by atoms with Crippen LogP contribution in [0, 0.1) is 11.8 Å². The molecule has 0 amide bonds. The minimum absolute atomic E-state index is 0.239. The van der Waals surface area contributed by atoms with Gasteiger partial charge in [-0.2, -0.15) is 4.99 Å². The van der Waals surface area contributed by atoms with Gasteiger partial charge in [0.05, 0.1) is 10.8 Å². The van der Waals surface area contributed by atoms with E-state index in [0.717, 1.165) is 16.8 Å².